The molecule has 0 fully saturated rings. The van der Waals surface area contributed by atoms with Gasteiger partial charge in [-0.2, -0.15) is 0 Å². The monoisotopic (exact) mass is 1810 g/mol. The third-order valence-corrected chi connectivity index (χ3v) is 30.0. The molecular formula is C133H91N9. The predicted octanol–water partition coefficient (Wildman–Crippen LogP) is 33.2. The minimum Gasteiger partial charge on any atom is -0.309 e. The summed E-state index contributed by atoms with van der Waals surface area (Å²) in [5, 5.41) is 7.50. The fourth-order valence-electron chi connectivity index (χ4n) is 23.4. The summed E-state index contributed by atoms with van der Waals surface area (Å²) >= 11 is 0. The summed E-state index contributed by atoms with van der Waals surface area (Å²) in [4.78, 5) is 31.6. The molecular weight excluding hydrogens is 1720 g/mol. The number of rotatable bonds is 11. The van der Waals surface area contributed by atoms with Crippen LogP contribution in [0, 0.1) is 0 Å². The van der Waals surface area contributed by atoms with Crippen molar-refractivity contribution < 1.29 is 0 Å². The Kier molecular flexibility index (Phi) is 19.4. The highest BCUT2D eigenvalue weighted by Gasteiger charge is 2.47. The van der Waals surface area contributed by atoms with E-state index in [0.29, 0.717) is 0 Å². The normalized spacial score (nSPS) is 13.2. The molecule has 0 atom stereocenters. The van der Waals surface area contributed by atoms with Gasteiger partial charge in [-0.05, 0) is 187 Å². The van der Waals surface area contributed by atoms with Gasteiger partial charge in [-0.25, -0.2) is 29.9 Å². The number of fused-ring (bicyclic) bond motifs is 21. The van der Waals surface area contributed by atoms with Gasteiger partial charge in [0.05, 0.1) is 106 Å². The molecule has 3 aliphatic rings. The summed E-state index contributed by atoms with van der Waals surface area (Å²) < 4.78 is 7.22. The molecule has 6 heterocycles. The number of hydrogen-bond donors (Lipinski definition) is 0. The van der Waals surface area contributed by atoms with E-state index in [2.05, 4.69) is 484 Å². The molecule has 29 rings (SSSR count). The van der Waals surface area contributed by atoms with Crippen molar-refractivity contribution in [2.75, 3.05) is 0 Å². The standard InChI is InChI=1S/C51H33N3.2C41H29N3/c1-5-17-34(18-6-1)49-50(35-19-7-2-8-20-35)53-46-31-38(29-30-45(46)52-49)54-47-28-16-14-26-40(47)42-32-41-39-25-13-15-27-43(39)51(44(41)33-48(42)54,36-21-9-3-10-22-36)37-23-11-4-12-24-37;1-41(2)33-19-11-9-17-29(33)31-25-38-32(24-34(31)41)30-18-10-12-20-37(30)44(38)28-21-22-35-36(23-28)43-40(27-15-7-4-8-16-27)39(42-35)26-13-5-3-6-14-26;1-41(2)33-19-11-9-17-29(33)31-24-32-30-18-10-12-20-37(30)44(38(32)25-34(31)41)28-21-22-35-36(23-28)43-40(27-15-7-4-8-16-27)39(42-35)26-13-5-3-6-14-26/h1-33H;2*3-25H,1-2H3. The zero-order chi connectivity index (χ0) is 94.5. The highest BCUT2D eigenvalue weighted by Crippen LogP contribution is 2.59. The average Bonchev–Trinajstić information content (AvgIpc) is 1.43. The van der Waals surface area contributed by atoms with Gasteiger partial charge in [0.2, 0.25) is 0 Å². The summed E-state index contributed by atoms with van der Waals surface area (Å²) in [7, 11) is 0. The molecule has 0 unspecified atom stereocenters. The van der Waals surface area contributed by atoms with E-state index >= 15 is 0 Å². The number of hydrogen-bond acceptors (Lipinski definition) is 6. The molecule has 0 N–H and O–H groups in total. The van der Waals surface area contributed by atoms with Crippen molar-refractivity contribution in [1.29, 1.82) is 0 Å². The minimum atomic E-state index is -0.489. The van der Waals surface area contributed by atoms with Crippen LogP contribution < -0.4 is 0 Å². The molecule has 9 heteroatoms. The molecule has 0 saturated carbocycles. The predicted molar refractivity (Wildman–Crippen MR) is 587 cm³/mol. The molecule has 0 spiro atoms. The van der Waals surface area contributed by atoms with E-state index in [1.54, 1.807) is 0 Å². The lowest BCUT2D eigenvalue weighted by molar-refractivity contribution is 0.661. The van der Waals surface area contributed by atoms with Crippen molar-refractivity contribution in [2.45, 2.75) is 43.9 Å². The molecule has 6 aromatic heterocycles. The van der Waals surface area contributed by atoms with Gasteiger partial charge in [-0.1, -0.05) is 398 Å². The summed E-state index contributed by atoms with van der Waals surface area (Å²) in [6.07, 6.45) is 0. The van der Waals surface area contributed by atoms with Crippen molar-refractivity contribution in [2.24, 2.45) is 0 Å². The zero-order valence-corrected chi connectivity index (χ0v) is 78.6. The molecule has 0 amide bonds. The molecule has 0 radical (unpaired) electrons. The largest absolute Gasteiger partial charge is 0.309 e. The first kappa shape index (κ1) is 83.2. The van der Waals surface area contributed by atoms with E-state index in [9.17, 15) is 0 Å². The SMILES string of the molecule is CC1(C)c2ccccc2-c2cc3c(cc21)c1ccccc1n3-c1ccc2nc(-c3ccccc3)c(-c3ccccc3)nc2c1.CC1(C)c2ccccc2-c2cc3c4ccccc4n(-c4ccc5nc(-c6ccccc6)c(-c6ccccc6)nc5c4)c3cc21.c1ccc(-c2nc3ccc(-n4c5ccccc5c5cc6c(cc54)C(c4ccccc4)(c4ccccc4)c4ccccc4-6)cc3nc2-c2ccccc2)cc1. The van der Waals surface area contributed by atoms with Crippen LogP contribution in [0.15, 0.2) is 479 Å². The maximum absolute atomic E-state index is 5.36. The van der Waals surface area contributed by atoms with Gasteiger partial charge in [0.15, 0.2) is 0 Å². The zero-order valence-electron chi connectivity index (χ0n) is 78.6. The lowest BCUT2D eigenvalue weighted by atomic mass is 9.67. The van der Waals surface area contributed by atoms with E-state index < -0.39 is 5.41 Å². The third kappa shape index (κ3) is 13.2. The van der Waals surface area contributed by atoms with Gasteiger partial charge >= 0.3 is 0 Å². The van der Waals surface area contributed by atoms with Gasteiger partial charge in [0, 0.05) is 93.6 Å². The van der Waals surface area contributed by atoms with Crippen LogP contribution in [0.2, 0.25) is 0 Å². The second kappa shape index (κ2) is 33.1. The van der Waals surface area contributed by atoms with Crippen LogP contribution in [0.4, 0.5) is 0 Å². The molecule has 668 valence electrons. The van der Waals surface area contributed by atoms with Crippen molar-refractivity contribution in [1.82, 2.24) is 43.6 Å². The van der Waals surface area contributed by atoms with E-state index in [0.717, 1.165) is 129 Å². The molecule has 9 nitrogen and oxygen atoms in total. The maximum atomic E-state index is 5.36. The third-order valence-electron chi connectivity index (χ3n) is 30.0. The van der Waals surface area contributed by atoms with Crippen molar-refractivity contribution in [3.05, 3.63) is 524 Å². The van der Waals surface area contributed by atoms with E-state index in [4.69, 9.17) is 29.9 Å². The Morgan fingerprint density at radius 2 is 0.408 bits per heavy atom. The van der Waals surface area contributed by atoms with Gasteiger partial charge in [-0.15, -0.1) is 0 Å². The van der Waals surface area contributed by atoms with Crippen LogP contribution in [0.25, 0.3) is 217 Å². The highest BCUT2D eigenvalue weighted by atomic mass is 15.0. The first-order valence-corrected chi connectivity index (χ1v) is 48.9. The molecule has 26 aromatic rings. The van der Waals surface area contributed by atoms with Crippen LogP contribution in [0.3, 0.4) is 0 Å². The Hall–Kier alpha value is -18.2. The van der Waals surface area contributed by atoms with Crippen LogP contribution >= 0.6 is 0 Å². The van der Waals surface area contributed by atoms with Crippen LogP contribution in [-0.4, -0.2) is 43.6 Å². The fourth-order valence-corrected chi connectivity index (χ4v) is 23.4. The highest BCUT2D eigenvalue weighted by molar-refractivity contribution is 6.15. The molecule has 142 heavy (non-hydrogen) atoms. The summed E-state index contributed by atoms with van der Waals surface area (Å²) in [6, 6.07) is 171. The summed E-state index contributed by atoms with van der Waals surface area (Å²) in [5.74, 6) is 0. The second-order valence-electron chi connectivity index (χ2n) is 38.6. The summed E-state index contributed by atoms with van der Waals surface area (Å²) in [5.41, 5.74) is 45.1. The van der Waals surface area contributed by atoms with E-state index in [1.807, 2.05) is 36.4 Å². The Labute approximate surface area is 822 Å². The van der Waals surface area contributed by atoms with Crippen molar-refractivity contribution in [3.8, 4) is 118 Å². The lowest BCUT2D eigenvalue weighted by Gasteiger charge is -2.34. The molecule has 20 aromatic carbocycles. The maximum Gasteiger partial charge on any atom is 0.0973 e. The Balaban J connectivity index is 0.000000107. The van der Waals surface area contributed by atoms with Crippen LogP contribution in [0.1, 0.15) is 72.2 Å². The van der Waals surface area contributed by atoms with Crippen LogP contribution in [0.5, 0.6) is 0 Å². The molecule has 0 saturated heterocycles. The quantitative estimate of drug-likeness (QED) is 0.128. The van der Waals surface area contributed by atoms with E-state index in [1.165, 1.54) is 132 Å². The van der Waals surface area contributed by atoms with Crippen molar-refractivity contribution in [3.63, 3.8) is 0 Å². The molecule has 3 aliphatic carbocycles. The van der Waals surface area contributed by atoms with Gasteiger partial charge < -0.3 is 13.7 Å². The van der Waals surface area contributed by atoms with Crippen LogP contribution in [-0.2, 0) is 16.2 Å². The molecule has 0 aliphatic heterocycles. The first-order valence-electron chi connectivity index (χ1n) is 48.9. The Morgan fingerprint density at radius 3 is 0.754 bits per heavy atom. The fraction of sp³-hybridized carbons (Fsp3) is 0.0526. The van der Waals surface area contributed by atoms with E-state index in [-0.39, 0.29) is 10.8 Å². The Morgan fingerprint density at radius 1 is 0.162 bits per heavy atom. The average molecular weight is 1820 g/mol. The number of aromatic nitrogens is 9. The summed E-state index contributed by atoms with van der Waals surface area (Å²) in [6.45, 7) is 9.38. The number of benzene rings is 20. The van der Waals surface area contributed by atoms with Gasteiger partial charge in [-0.3, -0.25) is 0 Å². The lowest BCUT2D eigenvalue weighted by Crippen LogP contribution is -2.28. The topological polar surface area (TPSA) is 92.1 Å². The number of para-hydroxylation sites is 3. The smallest absolute Gasteiger partial charge is 0.0973 e. The number of nitrogens with zero attached hydrogens (tertiary/aromatic N) is 9. The van der Waals surface area contributed by atoms with Gasteiger partial charge in [0.25, 0.3) is 0 Å². The van der Waals surface area contributed by atoms with Crippen molar-refractivity contribution >= 4 is 98.5 Å². The first-order chi connectivity index (χ1) is 69.9. The van der Waals surface area contributed by atoms with Gasteiger partial charge in [0.1, 0.15) is 0 Å². The minimum absolute atomic E-state index is 0.0494. The Bertz CT molecular complexity index is 9520. The molecule has 0 bridgehead atoms. The second-order valence-corrected chi connectivity index (χ2v) is 38.6.